The van der Waals surface area contributed by atoms with Crippen molar-refractivity contribution < 1.29 is 4.79 Å². The maximum Gasteiger partial charge on any atom is 0.183 e. The van der Waals surface area contributed by atoms with Crippen LogP contribution in [0.1, 0.15) is 22.8 Å². The Hall–Kier alpha value is -1.51. The lowest BCUT2D eigenvalue weighted by atomic mass is 10.1. The van der Waals surface area contributed by atoms with Gasteiger partial charge in [-0.05, 0) is 44.2 Å². The van der Waals surface area contributed by atoms with Crippen LogP contribution in [0.15, 0.2) is 42.5 Å². The predicted octanol–water partition coefficient (Wildman–Crippen LogP) is 5.01. The molecule has 2 aromatic rings. The number of rotatable bonds is 5. The number of ketones is 1. The van der Waals surface area contributed by atoms with Crippen molar-refractivity contribution in [2.24, 2.45) is 0 Å². The topological polar surface area (TPSA) is 20.3 Å². The molecule has 0 saturated carbocycles. The van der Waals surface area contributed by atoms with E-state index in [1.54, 1.807) is 18.2 Å². The molecule has 0 atom stereocenters. The summed E-state index contributed by atoms with van der Waals surface area (Å²) in [6.45, 7) is 5.08. The molecule has 2 aromatic carbocycles. The van der Waals surface area contributed by atoms with E-state index < -0.39 is 0 Å². The number of likely N-dealkylation sites (N-methyl/N-ethyl adjacent to an activating group) is 1. The number of hydrogen-bond acceptors (Lipinski definition) is 2. The average Bonchev–Trinajstić information content (AvgIpc) is 2.48. The summed E-state index contributed by atoms with van der Waals surface area (Å²) in [6.07, 6.45) is 0. The number of carbonyl (C=O) groups excluding carboxylic acids is 1. The number of carbonyl (C=O) groups is 1. The SMILES string of the molecule is CCN(CC(=O)c1cc(Cl)ccc1Cl)c1ccc(C)cc1. The van der Waals surface area contributed by atoms with E-state index in [0.717, 1.165) is 12.2 Å². The minimum absolute atomic E-state index is 0.0371. The first-order valence-corrected chi connectivity index (χ1v) is 7.56. The van der Waals surface area contributed by atoms with Gasteiger partial charge in [-0.1, -0.05) is 40.9 Å². The third-order valence-corrected chi connectivity index (χ3v) is 3.91. The number of hydrogen-bond donors (Lipinski definition) is 0. The summed E-state index contributed by atoms with van der Waals surface area (Å²) in [6, 6.07) is 13.1. The molecule has 0 aromatic heterocycles. The lowest BCUT2D eigenvalue weighted by molar-refractivity contribution is 0.0999. The lowest BCUT2D eigenvalue weighted by Crippen LogP contribution is -2.29. The van der Waals surface area contributed by atoms with Crippen LogP contribution in [0.4, 0.5) is 5.69 Å². The molecule has 0 heterocycles. The van der Waals surface area contributed by atoms with Gasteiger partial charge in [-0.2, -0.15) is 0 Å². The number of halogens is 2. The Labute approximate surface area is 135 Å². The molecule has 2 rings (SSSR count). The van der Waals surface area contributed by atoms with E-state index in [0.29, 0.717) is 15.6 Å². The van der Waals surface area contributed by atoms with Crippen molar-refractivity contribution in [3.63, 3.8) is 0 Å². The highest BCUT2D eigenvalue weighted by Gasteiger charge is 2.15. The van der Waals surface area contributed by atoms with Gasteiger partial charge in [0.1, 0.15) is 0 Å². The zero-order valence-corrected chi connectivity index (χ0v) is 13.6. The molecule has 0 N–H and O–H groups in total. The minimum Gasteiger partial charge on any atom is -0.364 e. The third kappa shape index (κ3) is 3.99. The molecule has 4 heteroatoms. The second-order valence-electron chi connectivity index (χ2n) is 4.90. The Morgan fingerprint density at radius 2 is 1.76 bits per heavy atom. The standard InChI is InChI=1S/C17H17Cl2NO/c1-3-20(14-7-4-12(2)5-8-14)11-17(21)15-10-13(18)6-9-16(15)19/h4-10H,3,11H2,1-2H3. The summed E-state index contributed by atoms with van der Waals surface area (Å²) in [5.41, 5.74) is 2.68. The van der Waals surface area contributed by atoms with Crippen molar-refractivity contribution in [2.45, 2.75) is 13.8 Å². The molecule has 2 nitrogen and oxygen atoms in total. The second kappa shape index (κ2) is 6.97. The molecule has 0 bridgehead atoms. The Morgan fingerprint density at radius 3 is 2.38 bits per heavy atom. The highest BCUT2D eigenvalue weighted by Crippen LogP contribution is 2.22. The van der Waals surface area contributed by atoms with E-state index in [-0.39, 0.29) is 12.3 Å². The van der Waals surface area contributed by atoms with E-state index >= 15 is 0 Å². The summed E-state index contributed by atoms with van der Waals surface area (Å²) in [5.74, 6) is -0.0371. The van der Waals surface area contributed by atoms with Crippen LogP contribution in [0.25, 0.3) is 0 Å². The first-order valence-electron chi connectivity index (χ1n) is 6.81. The van der Waals surface area contributed by atoms with Crippen LogP contribution in [0.3, 0.4) is 0 Å². The van der Waals surface area contributed by atoms with E-state index in [1.807, 2.05) is 43.0 Å². The summed E-state index contributed by atoms with van der Waals surface area (Å²) in [4.78, 5) is 14.5. The van der Waals surface area contributed by atoms with Crippen LogP contribution < -0.4 is 4.90 Å². The largest absolute Gasteiger partial charge is 0.364 e. The van der Waals surface area contributed by atoms with E-state index in [2.05, 4.69) is 0 Å². The van der Waals surface area contributed by atoms with Crippen molar-refractivity contribution in [3.05, 3.63) is 63.6 Å². The first kappa shape index (κ1) is 15.9. The summed E-state index contributed by atoms with van der Waals surface area (Å²) < 4.78 is 0. The van der Waals surface area contributed by atoms with Crippen LogP contribution in [-0.2, 0) is 0 Å². The van der Waals surface area contributed by atoms with Crippen molar-refractivity contribution in [1.82, 2.24) is 0 Å². The number of nitrogens with zero attached hydrogens (tertiary/aromatic N) is 1. The van der Waals surface area contributed by atoms with Gasteiger partial charge in [0, 0.05) is 22.8 Å². The third-order valence-electron chi connectivity index (χ3n) is 3.34. The predicted molar refractivity (Wildman–Crippen MR) is 89.9 cm³/mol. The van der Waals surface area contributed by atoms with Gasteiger partial charge in [0.25, 0.3) is 0 Å². The highest BCUT2D eigenvalue weighted by atomic mass is 35.5. The van der Waals surface area contributed by atoms with Gasteiger partial charge in [-0.25, -0.2) is 0 Å². The Bertz CT molecular complexity index is 638. The highest BCUT2D eigenvalue weighted by molar-refractivity contribution is 6.36. The fourth-order valence-electron chi connectivity index (χ4n) is 2.11. The molecule has 0 aliphatic rings. The fourth-order valence-corrected chi connectivity index (χ4v) is 2.51. The lowest BCUT2D eigenvalue weighted by Gasteiger charge is -2.22. The summed E-state index contributed by atoms with van der Waals surface area (Å²) in [7, 11) is 0. The van der Waals surface area contributed by atoms with Gasteiger partial charge in [0.2, 0.25) is 0 Å². The summed E-state index contributed by atoms with van der Waals surface area (Å²) in [5, 5.41) is 0.950. The van der Waals surface area contributed by atoms with E-state index in [1.165, 1.54) is 5.56 Å². The normalized spacial score (nSPS) is 10.5. The Kier molecular flexibility index (Phi) is 5.27. The molecule has 0 radical (unpaired) electrons. The van der Waals surface area contributed by atoms with Crippen LogP contribution in [0, 0.1) is 6.92 Å². The maximum absolute atomic E-state index is 12.4. The maximum atomic E-state index is 12.4. The Balaban J connectivity index is 2.20. The monoisotopic (exact) mass is 321 g/mol. The molecular formula is C17H17Cl2NO. The molecular weight excluding hydrogens is 305 g/mol. The van der Waals surface area contributed by atoms with Gasteiger partial charge in [0.05, 0.1) is 11.6 Å². The number of aryl methyl sites for hydroxylation is 1. The molecule has 0 saturated heterocycles. The van der Waals surface area contributed by atoms with Gasteiger partial charge in [0.15, 0.2) is 5.78 Å². The van der Waals surface area contributed by atoms with Crippen LogP contribution in [-0.4, -0.2) is 18.9 Å². The van der Waals surface area contributed by atoms with E-state index in [9.17, 15) is 4.79 Å². The number of anilines is 1. The molecule has 21 heavy (non-hydrogen) atoms. The van der Waals surface area contributed by atoms with Gasteiger partial charge >= 0.3 is 0 Å². The first-order chi connectivity index (χ1) is 10.0. The number of benzene rings is 2. The zero-order chi connectivity index (χ0) is 15.4. The quantitative estimate of drug-likeness (QED) is 0.721. The zero-order valence-electron chi connectivity index (χ0n) is 12.1. The van der Waals surface area contributed by atoms with Crippen molar-refractivity contribution in [2.75, 3.05) is 18.0 Å². The van der Waals surface area contributed by atoms with Crippen LogP contribution in [0.5, 0.6) is 0 Å². The molecule has 110 valence electrons. The van der Waals surface area contributed by atoms with Crippen molar-refractivity contribution in [3.8, 4) is 0 Å². The molecule has 0 aliphatic carbocycles. The Morgan fingerprint density at radius 1 is 1.10 bits per heavy atom. The van der Waals surface area contributed by atoms with Crippen LogP contribution in [0.2, 0.25) is 10.0 Å². The molecule has 0 spiro atoms. The van der Waals surface area contributed by atoms with Gasteiger partial charge < -0.3 is 4.90 Å². The average molecular weight is 322 g/mol. The second-order valence-corrected chi connectivity index (χ2v) is 5.74. The van der Waals surface area contributed by atoms with Crippen molar-refractivity contribution >= 4 is 34.7 Å². The van der Waals surface area contributed by atoms with Crippen LogP contribution >= 0.6 is 23.2 Å². The van der Waals surface area contributed by atoms with Gasteiger partial charge in [-0.3, -0.25) is 4.79 Å². The molecule has 0 aliphatic heterocycles. The van der Waals surface area contributed by atoms with E-state index in [4.69, 9.17) is 23.2 Å². The molecule has 0 unspecified atom stereocenters. The molecule has 0 fully saturated rings. The molecule has 0 amide bonds. The number of Topliss-reactive ketones (excluding diaryl/α,β-unsaturated/α-hetero) is 1. The van der Waals surface area contributed by atoms with Crippen molar-refractivity contribution in [1.29, 1.82) is 0 Å². The smallest absolute Gasteiger partial charge is 0.183 e. The van der Waals surface area contributed by atoms with Gasteiger partial charge in [-0.15, -0.1) is 0 Å². The summed E-state index contributed by atoms with van der Waals surface area (Å²) >= 11 is 12.0. The minimum atomic E-state index is -0.0371. The fraction of sp³-hybridized carbons (Fsp3) is 0.235.